The van der Waals surface area contributed by atoms with Crippen molar-refractivity contribution in [3.05, 3.63) is 11.5 Å². The second-order valence-electron chi connectivity index (χ2n) is 2.98. The van der Waals surface area contributed by atoms with Crippen molar-refractivity contribution in [3.8, 4) is 0 Å². The largest absolute Gasteiger partial charge is 0.395 e. The molecule has 0 saturated heterocycles. The molecule has 0 aromatic carbocycles. The lowest BCUT2D eigenvalue weighted by Gasteiger charge is -2.23. The Morgan fingerprint density at radius 2 is 2.25 bits per heavy atom. The van der Waals surface area contributed by atoms with Crippen LogP contribution in [-0.2, 0) is 0 Å². The minimum atomic E-state index is -2.56. The van der Waals surface area contributed by atoms with Gasteiger partial charge in [-0.25, -0.2) is 13.8 Å². The summed E-state index contributed by atoms with van der Waals surface area (Å²) in [7, 11) is 0. The fraction of sp³-hybridized carbons (Fsp3) is 0.500. The highest BCUT2D eigenvalue weighted by atomic mass is 35.5. The van der Waals surface area contributed by atoms with E-state index >= 15 is 0 Å². The first-order valence-electron chi connectivity index (χ1n) is 4.46. The molecular formula is C8H11ClF2N4O. The van der Waals surface area contributed by atoms with Crippen molar-refractivity contribution in [1.82, 2.24) is 9.97 Å². The van der Waals surface area contributed by atoms with Crippen molar-refractivity contribution in [2.45, 2.75) is 6.43 Å². The Morgan fingerprint density at radius 1 is 1.56 bits per heavy atom. The number of nitrogens with zero attached hydrogens (tertiary/aromatic N) is 3. The van der Waals surface area contributed by atoms with Crippen LogP contribution < -0.4 is 10.6 Å². The van der Waals surface area contributed by atoms with Gasteiger partial charge in [0.15, 0.2) is 5.82 Å². The zero-order valence-electron chi connectivity index (χ0n) is 8.28. The first-order chi connectivity index (χ1) is 7.54. The Kier molecular flexibility index (Phi) is 4.63. The monoisotopic (exact) mass is 252 g/mol. The maximum absolute atomic E-state index is 12.3. The van der Waals surface area contributed by atoms with E-state index in [0.717, 1.165) is 4.90 Å². The summed E-state index contributed by atoms with van der Waals surface area (Å²) in [4.78, 5) is 8.53. The Hall–Kier alpha value is -1.21. The average Bonchev–Trinajstić information content (AvgIpc) is 2.20. The molecule has 8 heteroatoms. The van der Waals surface area contributed by atoms with Gasteiger partial charge < -0.3 is 15.7 Å². The van der Waals surface area contributed by atoms with Gasteiger partial charge in [-0.05, 0) is 11.6 Å². The zero-order valence-corrected chi connectivity index (χ0v) is 9.03. The Morgan fingerprint density at radius 3 is 2.81 bits per heavy atom. The third-order valence-electron chi connectivity index (χ3n) is 1.79. The molecule has 0 aliphatic rings. The topological polar surface area (TPSA) is 75.3 Å². The molecule has 1 aromatic rings. The first-order valence-corrected chi connectivity index (χ1v) is 4.84. The maximum atomic E-state index is 12.3. The average molecular weight is 253 g/mol. The summed E-state index contributed by atoms with van der Waals surface area (Å²) in [6, 6.07) is 0. The number of aromatic nitrogens is 2. The third-order valence-corrected chi connectivity index (χ3v) is 1.98. The lowest BCUT2D eigenvalue weighted by Crippen LogP contribution is -2.33. The molecule has 0 unspecified atom stereocenters. The molecule has 1 rings (SSSR count). The van der Waals surface area contributed by atoms with Crippen LogP contribution in [0.1, 0.15) is 0 Å². The van der Waals surface area contributed by atoms with E-state index in [-0.39, 0.29) is 29.9 Å². The minimum absolute atomic E-state index is 0.00187. The molecule has 0 fully saturated rings. The van der Waals surface area contributed by atoms with Gasteiger partial charge in [0.05, 0.1) is 25.0 Å². The lowest BCUT2D eigenvalue weighted by atomic mass is 10.4. The molecule has 5 nitrogen and oxygen atoms in total. The molecule has 90 valence electrons. The molecule has 0 aliphatic heterocycles. The SMILES string of the molecule is Nc1cnc(Cl)nc1N(CCO)CC(F)F. The van der Waals surface area contributed by atoms with Crippen molar-refractivity contribution in [1.29, 1.82) is 0 Å². The second kappa shape index (κ2) is 5.76. The van der Waals surface area contributed by atoms with E-state index in [0.29, 0.717) is 0 Å². The molecule has 1 heterocycles. The van der Waals surface area contributed by atoms with Crippen LogP contribution in [0.15, 0.2) is 6.20 Å². The van der Waals surface area contributed by atoms with Gasteiger partial charge in [-0.3, -0.25) is 0 Å². The van der Waals surface area contributed by atoms with Crippen LogP contribution in [0.25, 0.3) is 0 Å². The summed E-state index contributed by atoms with van der Waals surface area (Å²) in [6.45, 7) is -0.853. The predicted octanol–water partition coefficient (Wildman–Crippen LogP) is 0.776. The molecule has 1 aromatic heterocycles. The van der Waals surface area contributed by atoms with Crippen molar-refractivity contribution in [2.24, 2.45) is 0 Å². The molecule has 0 saturated carbocycles. The predicted molar refractivity (Wildman–Crippen MR) is 56.8 cm³/mol. The number of halogens is 3. The number of alkyl halides is 2. The van der Waals surface area contributed by atoms with Gasteiger partial charge in [0.1, 0.15) is 0 Å². The Balaban J connectivity index is 2.94. The first kappa shape index (κ1) is 12.9. The van der Waals surface area contributed by atoms with E-state index in [1.807, 2.05) is 0 Å². The van der Waals surface area contributed by atoms with Gasteiger partial charge in [-0.2, -0.15) is 4.98 Å². The molecule has 0 radical (unpaired) electrons. The fourth-order valence-corrected chi connectivity index (χ4v) is 1.31. The standard InChI is InChI=1S/C8H11ClF2N4O/c9-8-13-3-5(12)7(14-8)15(1-2-16)4-6(10)11/h3,6,16H,1-2,4,12H2. The number of aliphatic hydroxyl groups is 1. The van der Waals surface area contributed by atoms with Gasteiger partial charge in [0.2, 0.25) is 5.28 Å². The molecule has 0 aliphatic carbocycles. The highest BCUT2D eigenvalue weighted by molar-refractivity contribution is 6.28. The number of aliphatic hydroxyl groups excluding tert-OH is 1. The molecule has 0 amide bonds. The van der Waals surface area contributed by atoms with Crippen molar-refractivity contribution in [2.75, 3.05) is 30.3 Å². The summed E-state index contributed by atoms with van der Waals surface area (Å²) in [5, 5.41) is 8.69. The highest BCUT2D eigenvalue weighted by Crippen LogP contribution is 2.21. The number of rotatable bonds is 5. The van der Waals surface area contributed by atoms with Crippen molar-refractivity contribution < 1.29 is 13.9 Å². The van der Waals surface area contributed by atoms with Gasteiger partial charge in [-0.1, -0.05) is 0 Å². The van der Waals surface area contributed by atoms with Crippen LogP contribution in [0.4, 0.5) is 20.3 Å². The van der Waals surface area contributed by atoms with E-state index in [2.05, 4.69) is 9.97 Å². The van der Waals surface area contributed by atoms with E-state index in [1.165, 1.54) is 6.20 Å². The zero-order chi connectivity index (χ0) is 12.1. The lowest BCUT2D eigenvalue weighted by molar-refractivity contribution is 0.152. The summed E-state index contributed by atoms with van der Waals surface area (Å²) in [5.41, 5.74) is 5.68. The molecule has 0 atom stereocenters. The molecule has 0 spiro atoms. The number of hydrogen-bond acceptors (Lipinski definition) is 5. The molecular weight excluding hydrogens is 242 g/mol. The van der Waals surface area contributed by atoms with Crippen LogP contribution in [0.5, 0.6) is 0 Å². The second-order valence-corrected chi connectivity index (χ2v) is 3.32. The summed E-state index contributed by atoms with van der Waals surface area (Å²) in [6.07, 6.45) is -1.32. The van der Waals surface area contributed by atoms with Gasteiger partial charge in [0, 0.05) is 6.54 Å². The fourth-order valence-electron chi connectivity index (χ4n) is 1.19. The van der Waals surface area contributed by atoms with E-state index < -0.39 is 13.0 Å². The van der Waals surface area contributed by atoms with E-state index in [9.17, 15) is 8.78 Å². The highest BCUT2D eigenvalue weighted by Gasteiger charge is 2.16. The summed E-state index contributed by atoms with van der Waals surface area (Å²) >= 11 is 5.54. The van der Waals surface area contributed by atoms with Crippen LogP contribution in [-0.4, -0.2) is 41.2 Å². The smallest absolute Gasteiger partial charge is 0.255 e. The minimum Gasteiger partial charge on any atom is -0.395 e. The molecule has 0 bridgehead atoms. The number of nitrogens with two attached hydrogens (primary N) is 1. The molecule has 16 heavy (non-hydrogen) atoms. The number of nitrogen functional groups attached to an aromatic ring is 1. The van der Waals surface area contributed by atoms with Gasteiger partial charge >= 0.3 is 0 Å². The van der Waals surface area contributed by atoms with Crippen LogP contribution in [0.2, 0.25) is 5.28 Å². The van der Waals surface area contributed by atoms with Gasteiger partial charge in [0.25, 0.3) is 6.43 Å². The van der Waals surface area contributed by atoms with Crippen LogP contribution in [0.3, 0.4) is 0 Å². The quantitative estimate of drug-likeness (QED) is 0.758. The third kappa shape index (κ3) is 3.42. The Labute approximate surface area is 95.9 Å². The summed E-state index contributed by atoms with van der Waals surface area (Å²) in [5.74, 6) is 0.106. The normalized spacial score (nSPS) is 10.8. The molecule has 3 N–H and O–H groups in total. The number of hydrogen-bond donors (Lipinski definition) is 2. The van der Waals surface area contributed by atoms with Crippen LogP contribution in [0, 0.1) is 0 Å². The summed E-state index contributed by atoms with van der Waals surface area (Å²) < 4.78 is 24.6. The van der Waals surface area contributed by atoms with E-state index in [4.69, 9.17) is 22.4 Å². The van der Waals surface area contributed by atoms with Crippen molar-refractivity contribution >= 4 is 23.1 Å². The van der Waals surface area contributed by atoms with Crippen molar-refractivity contribution in [3.63, 3.8) is 0 Å². The van der Waals surface area contributed by atoms with Gasteiger partial charge in [-0.15, -0.1) is 0 Å². The maximum Gasteiger partial charge on any atom is 0.255 e. The number of anilines is 2. The van der Waals surface area contributed by atoms with Crippen LogP contribution >= 0.6 is 11.6 Å². The van der Waals surface area contributed by atoms with E-state index in [1.54, 1.807) is 0 Å². The Bertz CT molecular complexity index is 353.